The largest absolute Gasteiger partial charge is 0.462 e. The van der Waals surface area contributed by atoms with Gasteiger partial charge in [-0.1, -0.05) is 6.07 Å². The number of nitrogens with zero attached hydrogens (tertiary/aromatic N) is 1. The first-order valence-corrected chi connectivity index (χ1v) is 9.73. The number of rotatable bonds is 5. The molecular weight excluding hydrogens is 377 g/mol. The predicted octanol–water partition coefficient (Wildman–Crippen LogP) is 2.06. The summed E-state index contributed by atoms with van der Waals surface area (Å²) in [6, 6.07) is 5.83. The second-order valence-corrected chi connectivity index (χ2v) is 9.29. The number of esters is 1. The SMILES string of the molecule is O=C(OC[C@H]1CC1(Cl)Cl)c1cccc(S(=O)(=O)N2CCOCC2)c1. The highest BCUT2D eigenvalue weighted by Gasteiger charge is 2.52. The lowest BCUT2D eigenvalue weighted by molar-refractivity contribution is 0.0485. The van der Waals surface area contributed by atoms with Crippen LogP contribution in [0.3, 0.4) is 0 Å². The number of hydrogen-bond donors (Lipinski definition) is 0. The lowest BCUT2D eigenvalue weighted by atomic mass is 10.2. The number of carbonyl (C=O) groups excluding carboxylic acids is 1. The van der Waals surface area contributed by atoms with Gasteiger partial charge in [0.05, 0.1) is 30.3 Å². The van der Waals surface area contributed by atoms with Gasteiger partial charge in [-0.3, -0.25) is 0 Å². The molecule has 1 atom stereocenters. The molecular formula is C15H17Cl2NO5S. The third-order valence-electron chi connectivity index (χ3n) is 4.05. The van der Waals surface area contributed by atoms with Gasteiger partial charge in [-0.2, -0.15) is 4.31 Å². The first-order valence-electron chi connectivity index (χ1n) is 7.53. The van der Waals surface area contributed by atoms with Crippen molar-refractivity contribution in [3.05, 3.63) is 29.8 Å². The molecule has 132 valence electrons. The number of halogens is 2. The molecule has 2 fully saturated rings. The molecule has 0 unspecified atom stereocenters. The van der Waals surface area contributed by atoms with Crippen LogP contribution in [0.1, 0.15) is 16.8 Å². The van der Waals surface area contributed by atoms with E-state index in [0.717, 1.165) is 0 Å². The van der Waals surface area contributed by atoms with Crippen molar-refractivity contribution in [2.75, 3.05) is 32.9 Å². The molecule has 1 saturated carbocycles. The van der Waals surface area contributed by atoms with Crippen molar-refractivity contribution in [1.82, 2.24) is 4.31 Å². The minimum atomic E-state index is -3.65. The van der Waals surface area contributed by atoms with Crippen molar-refractivity contribution >= 4 is 39.2 Å². The summed E-state index contributed by atoms with van der Waals surface area (Å²) in [5, 5.41) is 0. The van der Waals surface area contributed by atoms with Crippen LogP contribution in [0.25, 0.3) is 0 Å². The number of alkyl halides is 2. The molecule has 0 aromatic heterocycles. The van der Waals surface area contributed by atoms with E-state index in [9.17, 15) is 13.2 Å². The van der Waals surface area contributed by atoms with Crippen molar-refractivity contribution < 1.29 is 22.7 Å². The fourth-order valence-corrected chi connectivity index (χ4v) is 4.38. The third-order valence-corrected chi connectivity index (χ3v) is 6.87. The highest BCUT2D eigenvalue weighted by atomic mass is 35.5. The summed E-state index contributed by atoms with van der Waals surface area (Å²) in [7, 11) is -3.65. The topological polar surface area (TPSA) is 72.9 Å². The molecule has 24 heavy (non-hydrogen) atoms. The average molecular weight is 394 g/mol. The van der Waals surface area contributed by atoms with Crippen LogP contribution in [0.2, 0.25) is 0 Å². The van der Waals surface area contributed by atoms with Gasteiger partial charge in [-0.25, -0.2) is 13.2 Å². The van der Waals surface area contributed by atoms with Gasteiger partial charge < -0.3 is 9.47 Å². The van der Waals surface area contributed by atoms with E-state index in [2.05, 4.69) is 0 Å². The Morgan fingerprint density at radius 1 is 1.33 bits per heavy atom. The Hall–Kier alpha value is -0.860. The summed E-state index contributed by atoms with van der Waals surface area (Å²) < 4.78 is 36.1. The quantitative estimate of drug-likeness (QED) is 0.565. The van der Waals surface area contributed by atoms with Crippen LogP contribution in [0, 0.1) is 5.92 Å². The van der Waals surface area contributed by atoms with Gasteiger partial charge in [0, 0.05) is 19.0 Å². The maximum absolute atomic E-state index is 12.6. The number of sulfonamides is 1. The molecule has 6 nitrogen and oxygen atoms in total. The van der Waals surface area contributed by atoms with E-state index in [0.29, 0.717) is 32.7 Å². The van der Waals surface area contributed by atoms with Crippen LogP contribution >= 0.6 is 23.2 Å². The predicted molar refractivity (Wildman–Crippen MR) is 88.8 cm³/mol. The summed E-state index contributed by atoms with van der Waals surface area (Å²) in [6.45, 7) is 1.44. The molecule has 0 spiro atoms. The normalized spacial score (nSPS) is 23.7. The van der Waals surface area contributed by atoms with E-state index >= 15 is 0 Å². The Morgan fingerprint density at radius 3 is 2.62 bits per heavy atom. The fourth-order valence-electron chi connectivity index (χ4n) is 2.43. The minimum absolute atomic E-state index is 0.0642. The number of benzene rings is 1. The molecule has 1 aromatic carbocycles. The lowest BCUT2D eigenvalue weighted by Gasteiger charge is -2.26. The molecule has 1 aliphatic carbocycles. The van der Waals surface area contributed by atoms with Crippen LogP contribution < -0.4 is 0 Å². The molecule has 0 amide bonds. The lowest BCUT2D eigenvalue weighted by Crippen LogP contribution is -2.40. The second-order valence-electron chi connectivity index (χ2n) is 5.80. The van der Waals surface area contributed by atoms with Crippen LogP contribution in [0.15, 0.2) is 29.2 Å². The zero-order valence-corrected chi connectivity index (χ0v) is 15.1. The standard InChI is InChI=1S/C15H17Cl2NO5S/c16-15(17)9-12(15)10-23-14(19)11-2-1-3-13(8-11)24(20,21)18-4-6-22-7-5-18/h1-3,8,12H,4-7,9-10H2/t12-/m1/s1. The molecule has 3 rings (SSSR count). The Kier molecular flexibility index (Phi) is 5.09. The van der Waals surface area contributed by atoms with Crippen LogP contribution in [0.4, 0.5) is 0 Å². The minimum Gasteiger partial charge on any atom is -0.462 e. The Morgan fingerprint density at radius 2 is 2.00 bits per heavy atom. The van der Waals surface area contributed by atoms with Gasteiger partial charge in [-0.05, 0) is 24.6 Å². The zero-order valence-electron chi connectivity index (χ0n) is 12.8. The summed E-state index contributed by atoms with van der Waals surface area (Å²) in [4.78, 5) is 12.2. The average Bonchev–Trinajstić information content (AvgIpc) is 3.20. The molecule has 9 heteroatoms. The molecule has 1 aromatic rings. The van der Waals surface area contributed by atoms with E-state index < -0.39 is 20.3 Å². The maximum atomic E-state index is 12.6. The highest BCUT2D eigenvalue weighted by Crippen LogP contribution is 2.53. The number of carbonyl (C=O) groups is 1. The second kappa shape index (κ2) is 6.80. The van der Waals surface area contributed by atoms with Gasteiger partial charge in [-0.15, -0.1) is 23.2 Å². The van der Waals surface area contributed by atoms with E-state index in [1.54, 1.807) is 0 Å². The van der Waals surface area contributed by atoms with Crippen molar-refractivity contribution in [3.63, 3.8) is 0 Å². The Bertz CT molecular complexity index is 731. The van der Waals surface area contributed by atoms with E-state index in [1.165, 1.54) is 28.6 Å². The van der Waals surface area contributed by atoms with Gasteiger partial charge in [0.25, 0.3) is 0 Å². The van der Waals surface area contributed by atoms with E-state index in [-0.39, 0.29) is 23.0 Å². The summed E-state index contributed by atoms with van der Waals surface area (Å²) in [6.07, 6.45) is 0.578. The molecule has 0 bridgehead atoms. The summed E-state index contributed by atoms with van der Waals surface area (Å²) >= 11 is 11.8. The smallest absolute Gasteiger partial charge is 0.338 e. The number of hydrogen-bond acceptors (Lipinski definition) is 5. The number of morpholine rings is 1. The van der Waals surface area contributed by atoms with E-state index in [4.69, 9.17) is 32.7 Å². The molecule has 0 radical (unpaired) electrons. The van der Waals surface area contributed by atoms with Gasteiger partial charge >= 0.3 is 5.97 Å². The van der Waals surface area contributed by atoms with Gasteiger partial charge in [0.2, 0.25) is 10.0 Å². The van der Waals surface area contributed by atoms with Gasteiger partial charge in [0.1, 0.15) is 4.33 Å². The zero-order chi connectivity index (χ0) is 17.4. The first kappa shape index (κ1) is 17.9. The first-order chi connectivity index (χ1) is 11.3. The maximum Gasteiger partial charge on any atom is 0.338 e. The molecule has 0 N–H and O–H groups in total. The van der Waals surface area contributed by atoms with Crippen LogP contribution in [0.5, 0.6) is 0 Å². The summed E-state index contributed by atoms with van der Waals surface area (Å²) in [5.41, 5.74) is 0.180. The fraction of sp³-hybridized carbons (Fsp3) is 0.533. The molecule has 1 heterocycles. The highest BCUT2D eigenvalue weighted by molar-refractivity contribution is 7.89. The number of ether oxygens (including phenoxy) is 2. The van der Waals surface area contributed by atoms with Crippen LogP contribution in [-0.2, 0) is 19.5 Å². The van der Waals surface area contributed by atoms with Gasteiger partial charge in [0.15, 0.2) is 0 Å². The Balaban J connectivity index is 1.70. The summed E-state index contributed by atoms with van der Waals surface area (Å²) in [5.74, 6) is -0.671. The van der Waals surface area contributed by atoms with E-state index in [1.807, 2.05) is 0 Å². The van der Waals surface area contributed by atoms with Crippen molar-refractivity contribution in [1.29, 1.82) is 0 Å². The molecule has 1 saturated heterocycles. The monoisotopic (exact) mass is 393 g/mol. The van der Waals surface area contributed by atoms with Crippen molar-refractivity contribution in [2.24, 2.45) is 5.92 Å². The Labute approximate surface area is 150 Å². The molecule has 1 aliphatic heterocycles. The third kappa shape index (κ3) is 3.86. The van der Waals surface area contributed by atoms with Crippen LogP contribution in [-0.4, -0.2) is 55.9 Å². The molecule has 2 aliphatic rings. The van der Waals surface area contributed by atoms with Crippen molar-refractivity contribution in [3.8, 4) is 0 Å². The van der Waals surface area contributed by atoms with Crippen molar-refractivity contribution in [2.45, 2.75) is 15.6 Å².